The molecule has 0 aliphatic heterocycles. The van der Waals surface area contributed by atoms with Gasteiger partial charge in [0.05, 0.1) is 35.8 Å². The van der Waals surface area contributed by atoms with Crippen LogP contribution in [0.15, 0.2) is 72.8 Å². The summed E-state index contributed by atoms with van der Waals surface area (Å²) >= 11 is 0. The van der Waals surface area contributed by atoms with Crippen molar-refractivity contribution in [1.29, 1.82) is 5.26 Å². The van der Waals surface area contributed by atoms with Crippen molar-refractivity contribution in [3.05, 3.63) is 89.7 Å². The first-order valence-corrected chi connectivity index (χ1v) is 11.2. The molecule has 4 aromatic rings. The molecule has 1 aromatic heterocycles. The minimum Gasteiger partial charge on any atom is -0.465 e. The van der Waals surface area contributed by atoms with Crippen LogP contribution < -0.4 is 10.2 Å². The van der Waals surface area contributed by atoms with Gasteiger partial charge in [0.2, 0.25) is 0 Å². The summed E-state index contributed by atoms with van der Waals surface area (Å²) in [5.74, 6) is 0.00856. The minimum atomic E-state index is -0.472. The van der Waals surface area contributed by atoms with Crippen LogP contribution in [0.4, 0.5) is 11.4 Å². The highest BCUT2D eigenvalue weighted by molar-refractivity contribution is 6.09. The summed E-state index contributed by atoms with van der Waals surface area (Å²) in [4.78, 5) is 31.7. The molecule has 0 unspecified atom stereocenters. The lowest BCUT2D eigenvalue weighted by atomic mass is 10.1. The number of ether oxygens (including phenoxy) is 1. The molecule has 1 amide bonds. The van der Waals surface area contributed by atoms with Crippen LogP contribution in [0.3, 0.4) is 0 Å². The van der Waals surface area contributed by atoms with Crippen LogP contribution in [0, 0.1) is 11.3 Å². The van der Waals surface area contributed by atoms with Crippen LogP contribution in [0.1, 0.15) is 28.7 Å². The Balaban J connectivity index is 1.58. The Morgan fingerprint density at radius 2 is 1.83 bits per heavy atom. The molecule has 0 fully saturated rings. The normalized spacial score (nSPS) is 10.5. The highest BCUT2D eigenvalue weighted by Crippen LogP contribution is 2.22. The van der Waals surface area contributed by atoms with Crippen LogP contribution >= 0.6 is 0 Å². The number of nitrogens with one attached hydrogen (secondary N) is 1. The SMILES string of the molecule is CCOC(=O)CN(C(=O)c1ccc2c(c1)nc(CNc1ccc(C#N)cc1)n2C)c1ccccc1. The number of esters is 1. The molecule has 176 valence electrons. The number of nitriles is 1. The fourth-order valence-electron chi connectivity index (χ4n) is 3.76. The second-order valence-electron chi connectivity index (χ2n) is 7.87. The number of carbonyl (C=O) groups excluding carboxylic acids is 2. The highest BCUT2D eigenvalue weighted by atomic mass is 16.5. The largest absolute Gasteiger partial charge is 0.465 e. The summed E-state index contributed by atoms with van der Waals surface area (Å²) in [5.41, 5.74) is 4.08. The average Bonchev–Trinajstić information content (AvgIpc) is 3.21. The lowest BCUT2D eigenvalue weighted by Crippen LogP contribution is -2.36. The first-order chi connectivity index (χ1) is 17.0. The van der Waals surface area contributed by atoms with Gasteiger partial charge in [0, 0.05) is 24.0 Å². The zero-order valence-corrected chi connectivity index (χ0v) is 19.6. The summed E-state index contributed by atoms with van der Waals surface area (Å²) in [5, 5.41) is 12.3. The topological polar surface area (TPSA) is 100 Å². The molecule has 3 aromatic carbocycles. The molecule has 0 atom stereocenters. The monoisotopic (exact) mass is 467 g/mol. The van der Waals surface area contributed by atoms with Crippen LogP contribution in [0.25, 0.3) is 11.0 Å². The maximum Gasteiger partial charge on any atom is 0.326 e. The Hall–Kier alpha value is -4.64. The van der Waals surface area contributed by atoms with E-state index in [1.54, 1.807) is 43.3 Å². The molecule has 0 aliphatic carbocycles. The maximum atomic E-state index is 13.4. The van der Waals surface area contributed by atoms with Gasteiger partial charge in [-0.3, -0.25) is 14.5 Å². The van der Waals surface area contributed by atoms with E-state index in [2.05, 4.69) is 11.4 Å². The number of imidazole rings is 1. The van der Waals surface area contributed by atoms with Gasteiger partial charge in [0.1, 0.15) is 12.4 Å². The molecule has 1 heterocycles. The fraction of sp³-hybridized carbons (Fsp3) is 0.185. The van der Waals surface area contributed by atoms with E-state index in [4.69, 9.17) is 15.0 Å². The molecule has 0 radical (unpaired) electrons. The van der Waals surface area contributed by atoms with Gasteiger partial charge in [0.25, 0.3) is 5.91 Å². The first kappa shape index (κ1) is 23.5. The molecule has 0 saturated heterocycles. The van der Waals surface area contributed by atoms with Gasteiger partial charge >= 0.3 is 5.97 Å². The molecule has 8 heteroatoms. The summed E-state index contributed by atoms with van der Waals surface area (Å²) in [6, 6.07) is 23.7. The number of para-hydroxylation sites is 1. The second-order valence-corrected chi connectivity index (χ2v) is 7.87. The zero-order chi connectivity index (χ0) is 24.8. The molecular weight excluding hydrogens is 442 g/mol. The Labute approximate surface area is 203 Å². The van der Waals surface area contributed by atoms with Crippen molar-refractivity contribution >= 4 is 34.3 Å². The van der Waals surface area contributed by atoms with Crippen LogP contribution in [-0.2, 0) is 23.1 Å². The van der Waals surface area contributed by atoms with Crippen molar-refractivity contribution in [1.82, 2.24) is 9.55 Å². The Morgan fingerprint density at radius 3 is 2.51 bits per heavy atom. The van der Waals surface area contributed by atoms with E-state index < -0.39 is 5.97 Å². The number of amides is 1. The van der Waals surface area contributed by atoms with Gasteiger partial charge in [-0.15, -0.1) is 0 Å². The number of hydrogen-bond acceptors (Lipinski definition) is 6. The third-order valence-corrected chi connectivity index (χ3v) is 5.59. The number of carbonyl (C=O) groups is 2. The molecular formula is C27H25N5O3. The highest BCUT2D eigenvalue weighted by Gasteiger charge is 2.22. The minimum absolute atomic E-state index is 0.184. The van der Waals surface area contributed by atoms with Crippen LogP contribution in [0.2, 0.25) is 0 Å². The third-order valence-electron chi connectivity index (χ3n) is 5.59. The van der Waals surface area contributed by atoms with Crippen molar-refractivity contribution < 1.29 is 14.3 Å². The number of rotatable bonds is 8. The molecule has 4 rings (SSSR count). The van der Waals surface area contributed by atoms with Gasteiger partial charge in [-0.1, -0.05) is 18.2 Å². The number of anilines is 2. The molecule has 35 heavy (non-hydrogen) atoms. The Morgan fingerprint density at radius 1 is 1.09 bits per heavy atom. The van der Waals surface area contributed by atoms with E-state index in [9.17, 15) is 9.59 Å². The van der Waals surface area contributed by atoms with Gasteiger partial charge in [0.15, 0.2) is 0 Å². The predicted molar refractivity (Wildman–Crippen MR) is 134 cm³/mol. The van der Waals surface area contributed by atoms with Crippen molar-refractivity contribution in [2.45, 2.75) is 13.5 Å². The zero-order valence-electron chi connectivity index (χ0n) is 19.6. The van der Waals surface area contributed by atoms with E-state index in [1.807, 2.05) is 48.0 Å². The number of benzene rings is 3. The smallest absolute Gasteiger partial charge is 0.326 e. The van der Waals surface area contributed by atoms with Crippen molar-refractivity contribution in [2.24, 2.45) is 7.05 Å². The maximum absolute atomic E-state index is 13.4. The lowest BCUT2D eigenvalue weighted by Gasteiger charge is -2.22. The molecule has 0 saturated carbocycles. The fourth-order valence-corrected chi connectivity index (χ4v) is 3.76. The summed E-state index contributed by atoms with van der Waals surface area (Å²) in [7, 11) is 1.92. The molecule has 0 bridgehead atoms. The van der Waals surface area contributed by atoms with E-state index >= 15 is 0 Å². The quantitative estimate of drug-likeness (QED) is 0.389. The number of fused-ring (bicyclic) bond motifs is 1. The first-order valence-electron chi connectivity index (χ1n) is 11.2. The number of aryl methyl sites for hydroxylation is 1. The van der Waals surface area contributed by atoms with Gasteiger partial charge in [-0.05, 0) is 61.5 Å². The van der Waals surface area contributed by atoms with E-state index in [0.717, 1.165) is 17.0 Å². The average molecular weight is 468 g/mol. The van der Waals surface area contributed by atoms with E-state index in [-0.39, 0.29) is 19.1 Å². The van der Waals surface area contributed by atoms with Gasteiger partial charge in [-0.25, -0.2) is 4.98 Å². The Kier molecular flexibility index (Phi) is 7.07. The number of nitrogens with zero attached hydrogens (tertiary/aromatic N) is 4. The molecule has 0 spiro atoms. The predicted octanol–water partition coefficient (Wildman–Crippen LogP) is 4.27. The Bertz CT molecular complexity index is 1390. The van der Waals surface area contributed by atoms with Crippen molar-refractivity contribution in [2.75, 3.05) is 23.4 Å². The van der Waals surface area contributed by atoms with Crippen molar-refractivity contribution in [3.8, 4) is 6.07 Å². The summed E-state index contributed by atoms with van der Waals surface area (Å²) in [6.07, 6.45) is 0. The standard InChI is InChI=1S/C27H25N5O3/c1-3-35-26(33)18-32(22-7-5-4-6-8-22)27(34)20-11-14-24-23(15-20)30-25(31(24)2)17-29-21-12-9-19(16-28)10-13-21/h4-15,29H,3,17-18H2,1-2H3. The third kappa shape index (κ3) is 5.31. The van der Waals surface area contributed by atoms with Crippen molar-refractivity contribution in [3.63, 3.8) is 0 Å². The number of aromatic nitrogens is 2. The molecule has 1 N–H and O–H groups in total. The lowest BCUT2D eigenvalue weighted by molar-refractivity contribution is -0.141. The van der Waals surface area contributed by atoms with Gasteiger partial charge < -0.3 is 14.6 Å². The van der Waals surface area contributed by atoms with E-state index in [0.29, 0.717) is 28.9 Å². The summed E-state index contributed by atoms with van der Waals surface area (Å²) in [6.45, 7) is 2.26. The van der Waals surface area contributed by atoms with Crippen LogP contribution in [0.5, 0.6) is 0 Å². The molecule has 8 nitrogen and oxygen atoms in total. The molecule has 0 aliphatic rings. The summed E-state index contributed by atoms with van der Waals surface area (Å²) < 4.78 is 7.04. The van der Waals surface area contributed by atoms with Gasteiger partial charge in [-0.2, -0.15) is 5.26 Å². The van der Waals surface area contributed by atoms with Crippen LogP contribution in [-0.4, -0.2) is 34.6 Å². The number of hydrogen-bond donors (Lipinski definition) is 1. The van der Waals surface area contributed by atoms with E-state index in [1.165, 1.54) is 4.90 Å². The second kappa shape index (κ2) is 10.5.